The van der Waals surface area contributed by atoms with E-state index >= 15 is 0 Å². The number of piperazine rings is 1. The Morgan fingerprint density at radius 3 is 2.15 bits per heavy atom. The number of urea groups is 1. The Kier molecular flexibility index (Phi) is 5.13. The third kappa shape index (κ3) is 3.37. The molecule has 2 fully saturated rings. The molecule has 1 N–H and O–H groups in total. The lowest BCUT2D eigenvalue weighted by atomic mass is 10.2. The van der Waals surface area contributed by atoms with Crippen LogP contribution in [0.5, 0.6) is 5.75 Å². The van der Waals surface area contributed by atoms with Gasteiger partial charge in [0, 0.05) is 11.7 Å². The van der Waals surface area contributed by atoms with Crippen molar-refractivity contribution in [1.29, 1.82) is 0 Å². The van der Waals surface area contributed by atoms with Crippen LogP contribution in [0, 0.1) is 0 Å². The number of quaternary nitrogens is 1. The Labute approximate surface area is 152 Å². The van der Waals surface area contributed by atoms with E-state index in [-0.39, 0.29) is 12.7 Å². The largest absolute Gasteiger partial charge is 0.497 e. The van der Waals surface area contributed by atoms with E-state index < -0.39 is 17.8 Å². The number of rotatable bonds is 5. The highest BCUT2D eigenvalue weighted by Gasteiger charge is 2.47. The van der Waals surface area contributed by atoms with Crippen LogP contribution >= 0.6 is 0 Å². The Bertz CT molecular complexity index is 696. The fourth-order valence-electron chi connectivity index (χ4n) is 3.37. The SMILES string of the molecule is COc1ccc(N2CC[NH+](CN3C(=O)C(=O)N(C(C)C)C3=O)CC2)cc1. The molecule has 2 heterocycles. The Hall–Kier alpha value is -2.61. The van der Waals surface area contributed by atoms with Crippen LogP contribution in [0.4, 0.5) is 10.5 Å². The third-order valence-corrected chi connectivity index (χ3v) is 4.89. The summed E-state index contributed by atoms with van der Waals surface area (Å²) >= 11 is 0. The first-order valence-electron chi connectivity index (χ1n) is 8.84. The van der Waals surface area contributed by atoms with Crippen molar-refractivity contribution in [2.45, 2.75) is 19.9 Å². The molecule has 3 rings (SSSR count). The molecule has 1 aromatic rings. The number of carbonyl (C=O) groups excluding carboxylic acids is 3. The van der Waals surface area contributed by atoms with E-state index in [0.717, 1.165) is 52.3 Å². The fraction of sp³-hybridized carbons (Fsp3) is 0.500. The summed E-state index contributed by atoms with van der Waals surface area (Å²) in [5.41, 5.74) is 1.12. The molecule has 0 bridgehead atoms. The first kappa shape index (κ1) is 18.2. The van der Waals surface area contributed by atoms with E-state index in [1.54, 1.807) is 21.0 Å². The summed E-state index contributed by atoms with van der Waals surface area (Å²) in [5, 5.41) is 0. The molecule has 1 aromatic carbocycles. The van der Waals surface area contributed by atoms with Crippen molar-refractivity contribution in [3.63, 3.8) is 0 Å². The van der Waals surface area contributed by atoms with E-state index in [0.29, 0.717) is 0 Å². The lowest BCUT2D eigenvalue weighted by Crippen LogP contribution is -3.16. The monoisotopic (exact) mass is 361 g/mol. The standard InChI is InChI=1S/C18H24N4O4/c1-13(2)22-17(24)16(23)21(18(22)25)12-19-8-10-20(11-9-19)14-4-6-15(26-3)7-5-14/h4-7,13H,8-12H2,1-3H3/p+1. The molecule has 140 valence electrons. The second-order valence-corrected chi connectivity index (χ2v) is 6.88. The van der Waals surface area contributed by atoms with E-state index in [4.69, 9.17) is 4.74 Å². The molecule has 0 aliphatic carbocycles. The van der Waals surface area contributed by atoms with E-state index in [1.807, 2.05) is 24.3 Å². The molecule has 2 aliphatic rings. The Balaban J connectivity index is 1.58. The van der Waals surface area contributed by atoms with Gasteiger partial charge in [0.1, 0.15) is 5.75 Å². The van der Waals surface area contributed by atoms with Crippen molar-refractivity contribution in [2.24, 2.45) is 0 Å². The summed E-state index contributed by atoms with van der Waals surface area (Å²) in [5.74, 6) is -0.613. The number of hydrogen-bond donors (Lipinski definition) is 1. The van der Waals surface area contributed by atoms with Crippen molar-refractivity contribution >= 4 is 23.5 Å². The highest BCUT2D eigenvalue weighted by atomic mass is 16.5. The predicted molar refractivity (Wildman–Crippen MR) is 95.0 cm³/mol. The summed E-state index contributed by atoms with van der Waals surface area (Å²) in [6.45, 7) is 6.92. The van der Waals surface area contributed by atoms with Crippen LogP contribution in [0.15, 0.2) is 24.3 Å². The summed E-state index contributed by atoms with van der Waals surface area (Å²) in [4.78, 5) is 42.0. The van der Waals surface area contributed by atoms with Gasteiger partial charge in [0.25, 0.3) is 0 Å². The molecule has 2 aliphatic heterocycles. The summed E-state index contributed by atoms with van der Waals surface area (Å²) in [7, 11) is 1.64. The molecule has 0 saturated carbocycles. The number of benzene rings is 1. The zero-order valence-electron chi connectivity index (χ0n) is 15.4. The zero-order chi connectivity index (χ0) is 18.8. The van der Waals surface area contributed by atoms with Crippen molar-refractivity contribution in [1.82, 2.24) is 9.80 Å². The maximum atomic E-state index is 12.4. The van der Waals surface area contributed by atoms with E-state index in [9.17, 15) is 14.4 Å². The first-order chi connectivity index (χ1) is 12.4. The molecule has 0 unspecified atom stereocenters. The van der Waals surface area contributed by atoms with E-state index in [2.05, 4.69) is 4.90 Å². The average Bonchev–Trinajstić information content (AvgIpc) is 2.86. The molecule has 26 heavy (non-hydrogen) atoms. The van der Waals surface area contributed by atoms with Gasteiger partial charge < -0.3 is 14.5 Å². The number of methoxy groups -OCH3 is 1. The van der Waals surface area contributed by atoms with Crippen LogP contribution in [0.2, 0.25) is 0 Å². The normalized spacial score (nSPS) is 19.1. The van der Waals surface area contributed by atoms with Crippen molar-refractivity contribution in [2.75, 3.05) is 44.9 Å². The van der Waals surface area contributed by atoms with Gasteiger partial charge in [0.2, 0.25) is 0 Å². The minimum Gasteiger partial charge on any atom is -0.497 e. The number of nitrogens with zero attached hydrogens (tertiary/aromatic N) is 3. The van der Waals surface area contributed by atoms with Gasteiger partial charge in [-0.05, 0) is 38.1 Å². The summed E-state index contributed by atoms with van der Waals surface area (Å²) in [6.07, 6.45) is 0. The van der Waals surface area contributed by atoms with Crippen molar-refractivity contribution < 1.29 is 24.0 Å². The van der Waals surface area contributed by atoms with Crippen LogP contribution < -0.4 is 14.5 Å². The minimum absolute atomic E-state index is 0.239. The van der Waals surface area contributed by atoms with Crippen LogP contribution in [0.3, 0.4) is 0 Å². The van der Waals surface area contributed by atoms with Crippen molar-refractivity contribution in [3.05, 3.63) is 24.3 Å². The summed E-state index contributed by atoms with van der Waals surface area (Å²) in [6, 6.07) is 7.10. The van der Waals surface area contributed by atoms with Crippen LogP contribution in [-0.4, -0.2) is 73.6 Å². The Morgan fingerprint density at radius 1 is 1.04 bits per heavy atom. The molecule has 2 saturated heterocycles. The van der Waals surface area contributed by atoms with Gasteiger partial charge in [-0.25, -0.2) is 9.69 Å². The van der Waals surface area contributed by atoms with Gasteiger partial charge >= 0.3 is 17.8 Å². The molecule has 0 atom stereocenters. The number of anilines is 1. The van der Waals surface area contributed by atoms with Gasteiger partial charge in [0.15, 0.2) is 6.67 Å². The number of imide groups is 2. The number of nitrogens with one attached hydrogen (secondary N) is 1. The van der Waals surface area contributed by atoms with Gasteiger partial charge in [-0.1, -0.05) is 0 Å². The molecule has 4 amide bonds. The quantitative estimate of drug-likeness (QED) is 0.568. The van der Waals surface area contributed by atoms with Gasteiger partial charge in [0.05, 0.1) is 33.3 Å². The number of hydrogen-bond acceptors (Lipinski definition) is 5. The second-order valence-electron chi connectivity index (χ2n) is 6.88. The maximum Gasteiger partial charge on any atom is 0.338 e. The van der Waals surface area contributed by atoms with Crippen LogP contribution in [-0.2, 0) is 9.59 Å². The minimum atomic E-state index is -0.721. The molecular weight excluding hydrogens is 336 g/mol. The summed E-state index contributed by atoms with van der Waals surface area (Å²) < 4.78 is 5.18. The lowest BCUT2D eigenvalue weighted by Gasteiger charge is -2.34. The van der Waals surface area contributed by atoms with Gasteiger partial charge in [-0.2, -0.15) is 0 Å². The highest BCUT2D eigenvalue weighted by Crippen LogP contribution is 2.19. The van der Waals surface area contributed by atoms with Crippen molar-refractivity contribution in [3.8, 4) is 5.75 Å². The zero-order valence-corrected chi connectivity index (χ0v) is 15.4. The predicted octanol–water partition coefficient (Wildman–Crippen LogP) is -0.443. The Morgan fingerprint density at radius 2 is 1.65 bits per heavy atom. The number of carbonyl (C=O) groups is 3. The number of ether oxygens (including phenoxy) is 1. The van der Waals surface area contributed by atoms with E-state index in [1.165, 1.54) is 0 Å². The molecule has 0 radical (unpaired) electrons. The van der Waals surface area contributed by atoms with Gasteiger partial charge in [-0.15, -0.1) is 0 Å². The molecule has 0 spiro atoms. The highest BCUT2D eigenvalue weighted by molar-refractivity contribution is 6.44. The lowest BCUT2D eigenvalue weighted by molar-refractivity contribution is -0.907. The smallest absolute Gasteiger partial charge is 0.338 e. The topological polar surface area (TPSA) is 74.6 Å². The maximum absolute atomic E-state index is 12.4. The first-order valence-corrected chi connectivity index (χ1v) is 8.84. The molecule has 8 heteroatoms. The third-order valence-electron chi connectivity index (χ3n) is 4.89. The number of amides is 4. The van der Waals surface area contributed by atoms with Crippen LogP contribution in [0.25, 0.3) is 0 Å². The fourth-order valence-corrected chi connectivity index (χ4v) is 3.37. The molecule has 8 nitrogen and oxygen atoms in total. The van der Waals surface area contributed by atoms with Crippen LogP contribution in [0.1, 0.15) is 13.8 Å². The van der Waals surface area contributed by atoms with Gasteiger partial charge in [-0.3, -0.25) is 14.5 Å². The second kappa shape index (κ2) is 7.33. The molecular formula is C18H25N4O4+. The average molecular weight is 361 g/mol. The molecule has 0 aromatic heterocycles.